The zero-order valence-corrected chi connectivity index (χ0v) is 12.0. The van der Waals surface area contributed by atoms with Crippen molar-refractivity contribution in [1.29, 1.82) is 0 Å². The molecule has 0 spiro atoms. The van der Waals surface area contributed by atoms with E-state index in [1.54, 1.807) is 13.8 Å². The summed E-state index contributed by atoms with van der Waals surface area (Å²) in [5, 5.41) is 1.06. The van der Waals surface area contributed by atoms with Crippen LogP contribution in [0.3, 0.4) is 0 Å². The van der Waals surface area contributed by atoms with Gasteiger partial charge in [0.1, 0.15) is 0 Å². The van der Waals surface area contributed by atoms with Crippen LogP contribution < -0.4 is 0 Å². The largest absolute Gasteiger partial charge is 0.466 e. The summed E-state index contributed by atoms with van der Waals surface area (Å²) in [5.41, 5.74) is 0.451. The van der Waals surface area contributed by atoms with Gasteiger partial charge in [-0.25, -0.2) is 9.36 Å². The van der Waals surface area contributed by atoms with Crippen molar-refractivity contribution in [2.45, 2.75) is 20.8 Å². The fourth-order valence-electron chi connectivity index (χ4n) is 0.254. The number of phosphoric acid groups is 1. The predicted octanol–water partition coefficient (Wildman–Crippen LogP) is 1.60. The lowest BCUT2D eigenvalue weighted by Crippen LogP contribution is -2.03. The van der Waals surface area contributed by atoms with E-state index >= 15 is 0 Å². The molecule has 0 unspecified atom stereocenters. The minimum Gasteiger partial charge on any atom is -0.463 e. The highest BCUT2D eigenvalue weighted by molar-refractivity contribution is 9.09. The van der Waals surface area contributed by atoms with Crippen LogP contribution in [-0.2, 0) is 14.1 Å². The van der Waals surface area contributed by atoms with Gasteiger partial charge in [0.05, 0.1) is 6.61 Å². The molecule has 0 saturated heterocycles. The van der Waals surface area contributed by atoms with Gasteiger partial charge in [0, 0.05) is 10.9 Å². The van der Waals surface area contributed by atoms with Gasteiger partial charge in [-0.15, -0.1) is 0 Å². The molecule has 0 aromatic rings. The molecule has 0 aliphatic heterocycles. The maximum Gasteiger partial charge on any atom is 0.466 e. The number of carbonyl (C=O) groups is 1. The SMILES string of the molecule is C=C(C)C(=O)OCC.CCBr.O=P(O)(O)O. The first kappa shape index (κ1) is 21.1. The second kappa shape index (κ2) is 12.9. The summed E-state index contributed by atoms with van der Waals surface area (Å²) >= 11 is 3.15. The second-order valence-electron chi connectivity index (χ2n) is 2.28. The fourth-order valence-corrected chi connectivity index (χ4v) is 0.254. The highest BCUT2D eigenvalue weighted by Crippen LogP contribution is 2.25. The number of esters is 1. The zero-order valence-electron chi connectivity index (χ0n) is 9.51. The number of alkyl halides is 1. The van der Waals surface area contributed by atoms with Crippen molar-refractivity contribution >= 4 is 29.7 Å². The molecule has 6 nitrogen and oxygen atoms in total. The molecule has 0 rings (SSSR count). The summed E-state index contributed by atoms with van der Waals surface area (Å²) in [4.78, 5) is 32.0. The molecule has 0 aliphatic carbocycles. The number of carbonyl (C=O) groups excluding carboxylic acids is 1. The van der Waals surface area contributed by atoms with E-state index in [-0.39, 0.29) is 5.97 Å². The minimum atomic E-state index is -4.64. The molecule has 0 radical (unpaired) electrons. The molecule has 0 amide bonds. The minimum absolute atomic E-state index is 0.312. The van der Waals surface area contributed by atoms with E-state index in [0.29, 0.717) is 12.2 Å². The second-order valence-corrected chi connectivity index (χ2v) is 4.43. The summed E-state index contributed by atoms with van der Waals surface area (Å²) in [6.45, 7) is 9.25. The van der Waals surface area contributed by atoms with Crippen LogP contribution in [0.1, 0.15) is 20.8 Å². The average Bonchev–Trinajstić information content (AvgIpc) is 2.02. The fraction of sp³-hybridized carbons (Fsp3) is 0.625. The summed E-state index contributed by atoms with van der Waals surface area (Å²) in [7, 11) is -4.64. The van der Waals surface area contributed by atoms with Crippen LogP contribution in [0, 0.1) is 0 Å². The Kier molecular flexibility index (Phi) is 17.0. The van der Waals surface area contributed by atoms with E-state index in [9.17, 15) is 4.79 Å². The maximum atomic E-state index is 10.4. The summed E-state index contributed by atoms with van der Waals surface area (Å²) in [6.07, 6.45) is 0. The third kappa shape index (κ3) is 48.9. The average molecular weight is 321 g/mol. The first-order valence-electron chi connectivity index (χ1n) is 4.26. The Bertz CT molecular complexity index is 228. The van der Waals surface area contributed by atoms with Gasteiger partial charge in [-0.1, -0.05) is 29.4 Å². The molecule has 0 bridgehead atoms. The van der Waals surface area contributed by atoms with Crippen LogP contribution in [-0.4, -0.2) is 32.6 Å². The van der Waals surface area contributed by atoms with E-state index in [1.807, 2.05) is 6.92 Å². The van der Waals surface area contributed by atoms with Crippen LogP contribution in [0.5, 0.6) is 0 Å². The number of ether oxygens (including phenoxy) is 1. The topological polar surface area (TPSA) is 104 Å². The van der Waals surface area contributed by atoms with Crippen molar-refractivity contribution in [2.75, 3.05) is 11.9 Å². The molecule has 0 aromatic heterocycles. The van der Waals surface area contributed by atoms with E-state index in [2.05, 4.69) is 27.2 Å². The van der Waals surface area contributed by atoms with Crippen molar-refractivity contribution in [2.24, 2.45) is 0 Å². The molecule has 0 aromatic carbocycles. The number of halogens is 1. The van der Waals surface area contributed by atoms with Crippen molar-refractivity contribution in [3.63, 3.8) is 0 Å². The van der Waals surface area contributed by atoms with Gasteiger partial charge in [-0.2, -0.15) is 0 Å². The van der Waals surface area contributed by atoms with Gasteiger partial charge >= 0.3 is 13.8 Å². The van der Waals surface area contributed by atoms with E-state index < -0.39 is 7.82 Å². The number of hydrogen-bond acceptors (Lipinski definition) is 3. The first-order valence-corrected chi connectivity index (χ1v) is 6.95. The summed E-state index contributed by atoms with van der Waals surface area (Å²) in [5.74, 6) is -0.312. The van der Waals surface area contributed by atoms with Crippen LogP contribution in [0.15, 0.2) is 12.2 Å². The smallest absolute Gasteiger partial charge is 0.463 e. The quantitative estimate of drug-likeness (QED) is 0.309. The predicted molar refractivity (Wildman–Crippen MR) is 65.2 cm³/mol. The van der Waals surface area contributed by atoms with E-state index in [4.69, 9.17) is 19.2 Å². The Hall–Kier alpha value is -0.200. The van der Waals surface area contributed by atoms with Crippen molar-refractivity contribution in [3.8, 4) is 0 Å². The molecule has 3 N–H and O–H groups in total. The van der Waals surface area contributed by atoms with Crippen LogP contribution in [0.4, 0.5) is 0 Å². The van der Waals surface area contributed by atoms with Crippen molar-refractivity contribution in [1.82, 2.24) is 0 Å². The molecular weight excluding hydrogens is 303 g/mol. The van der Waals surface area contributed by atoms with Gasteiger partial charge in [-0.3, -0.25) is 0 Å². The molecular formula is C8H18BrO6P. The lowest BCUT2D eigenvalue weighted by Gasteiger charge is -1.96. The van der Waals surface area contributed by atoms with E-state index in [0.717, 1.165) is 5.33 Å². The Morgan fingerprint density at radius 1 is 1.38 bits per heavy atom. The standard InChI is InChI=1S/C6H10O2.C2H5Br.H3O4P/c1-4-8-6(7)5(2)3;1-2-3;1-5(2,3)4/h2,4H2,1,3H3;2H2,1H3;(H3,1,2,3,4). The highest BCUT2D eigenvalue weighted by atomic mass is 79.9. The number of rotatable bonds is 2. The van der Waals surface area contributed by atoms with Crippen molar-refractivity contribution in [3.05, 3.63) is 12.2 Å². The molecule has 0 saturated carbocycles. The Balaban J connectivity index is -0.000000181. The lowest BCUT2D eigenvalue weighted by molar-refractivity contribution is -0.138. The molecule has 0 atom stereocenters. The third-order valence-electron chi connectivity index (χ3n) is 0.624. The lowest BCUT2D eigenvalue weighted by atomic mass is 10.4. The zero-order chi connectivity index (χ0) is 13.8. The Morgan fingerprint density at radius 2 is 1.62 bits per heavy atom. The number of hydrogen-bond donors (Lipinski definition) is 3. The van der Waals surface area contributed by atoms with Gasteiger partial charge in [0.2, 0.25) is 0 Å². The van der Waals surface area contributed by atoms with Gasteiger partial charge in [0.15, 0.2) is 0 Å². The maximum absolute atomic E-state index is 10.4. The van der Waals surface area contributed by atoms with Gasteiger partial charge < -0.3 is 19.4 Å². The van der Waals surface area contributed by atoms with Crippen LogP contribution in [0.2, 0.25) is 0 Å². The highest BCUT2D eigenvalue weighted by Gasteiger charge is 2.00. The Labute approximate surface area is 104 Å². The summed E-state index contributed by atoms with van der Waals surface area (Å²) < 4.78 is 13.4. The molecule has 0 aliphatic rings. The van der Waals surface area contributed by atoms with Gasteiger partial charge in [-0.05, 0) is 13.8 Å². The van der Waals surface area contributed by atoms with Gasteiger partial charge in [0.25, 0.3) is 0 Å². The monoisotopic (exact) mass is 320 g/mol. The molecule has 16 heavy (non-hydrogen) atoms. The molecule has 0 heterocycles. The first-order chi connectivity index (χ1) is 7.09. The van der Waals surface area contributed by atoms with Crippen LogP contribution in [0.25, 0.3) is 0 Å². The third-order valence-corrected chi connectivity index (χ3v) is 0.624. The summed E-state index contributed by atoms with van der Waals surface area (Å²) in [6, 6.07) is 0. The molecule has 98 valence electrons. The van der Waals surface area contributed by atoms with Crippen molar-refractivity contribution < 1.29 is 28.8 Å². The molecule has 8 heteroatoms. The Morgan fingerprint density at radius 3 is 1.69 bits per heavy atom. The van der Waals surface area contributed by atoms with Crippen LogP contribution >= 0.6 is 23.8 Å². The normalized spacial score (nSPS) is 8.94. The van der Waals surface area contributed by atoms with E-state index in [1.165, 1.54) is 0 Å². The molecule has 0 fully saturated rings.